The predicted molar refractivity (Wildman–Crippen MR) is 80.6 cm³/mol. The van der Waals surface area contributed by atoms with E-state index in [1.807, 2.05) is 42.6 Å². The Bertz CT molecular complexity index is 679. The number of aromatic nitrogens is 4. The highest BCUT2D eigenvalue weighted by molar-refractivity contribution is 9.10. The summed E-state index contributed by atoms with van der Waals surface area (Å²) >= 11 is 3.36. The second-order valence-electron chi connectivity index (χ2n) is 4.16. The minimum Gasteiger partial charge on any atom is -0.378 e. The zero-order chi connectivity index (χ0) is 13.8. The van der Waals surface area contributed by atoms with Crippen molar-refractivity contribution in [2.24, 2.45) is 0 Å². The Morgan fingerprint density at radius 2 is 2.10 bits per heavy atom. The Balaban J connectivity index is 1.67. The van der Waals surface area contributed by atoms with Crippen LogP contribution in [0.1, 0.15) is 5.69 Å². The van der Waals surface area contributed by atoms with Gasteiger partial charge in [0.25, 0.3) is 0 Å². The van der Waals surface area contributed by atoms with Gasteiger partial charge in [0.1, 0.15) is 4.60 Å². The fourth-order valence-electron chi connectivity index (χ4n) is 1.77. The number of hydrogen-bond donors (Lipinski definition) is 1. The summed E-state index contributed by atoms with van der Waals surface area (Å²) in [6.07, 6.45) is 5.38. The molecule has 6 heteroatoms. The molecule has 0 radical (unpaired) electrons. The van der Waals surface area contributed by atoms with Crippen LogP contribution < -0.4 is 5.32 Å². The molecule has 3 heterocycles. The van der Waals surface area contributed by atoms with Gasteiger partial charge in [-0.3, -0.25) is 0 Å². The first kappa shape index (κ1) is 12.8. The van der Waals surface area contributed by atoms with Crippen LogP contribution >= 0.6 is 15.9 Å². The number of nitrogens with one attached hydrogen (secondary N) is 1. The summed E-state index contributed by atoms with van der Waals surface area (Å²) in [5, 5.41) is 7.42. The van der Waals surface area contributed by atoms with Gasteiger partial charge in [0.05, 0.1) is 24.1 Å². The maximum Gasteiger partial charge on any atom is 0.153 e. The van der Waals surface area contributed by atoms with Crippen molar-refractivity contribution in [2.75, 3.05) is 5.32 Å². The van der Waals surface area contributed by atoms with Crippen LogP contribution in [0.3, 0.4) is 0 Å². The Morgan fingerprint density at radius 3 is 2.80 bits per heavy atom. The molecule has 0 spiro atoms. The van der Waals surface area contributed by atoms with E-state index in [4.69, 9.17) is 0 Å². The molecular formula is C14H12BrN5. The lowest BCUT2D eigenvalue weighted by atomic mass is 10.3. The van der Waals surface area contributed by atoms with Crippen LogP contribution in [0.15, 0.2) is 59.6 Å². The highest BCUT2D eigenvalue weighted by Gasteiger charge is 1.99. The van der Waals surface area contributed by atoms with Crippen LogP contribution in [0.2, 0.25) is 0 Å². The first-order valence-electron chi connectivity index (χ1n) is 6.13. The maximum atomic E-state index is 4.37. The first-order valence-corrected chi connectivity index (χ1v) is 6.92. The molecule has 3 rings (SSSR count). The Kier molecular flexibility index (Phi) is 3.73. The average Bonchev–Trinajstić information content (AvgIpc) is 3.00. The van der Waals surface area contributed by atoms with E-state index in [0.29, 0.717) is 6.54 Å². The van der Waals surface area contributed by atoms with E-state index in [1.165, 1.54) is 0 Å². The molecule has 0 bridgehead atoms. The van der Waals surface area contributed by atoms with Gasteiger partial charge in [0.2, 0.25) is 0 Å². The lowest BCUT2D eigenvalue weighted by Gasteiger charge is -2.07. The summed E-state index contributed by atoms with van der Waals surface area (Å²) < 4.78 is 2.56. The molecule has 0 unspecified atom stereocenters. The molecule has 0 saturated carbocycles. The van der Waals surface area contributed by atoms with E-state index >= 15 is 0 Å². The summed E-state index contributed by atoms with van der Waals surface area (Å²) in [6, 6.07) is 11.6. The molecule has 0 aliphatic heterocycles. The zero-order valence-corrected chi connectivity index (χ0v) is 12.2. The molecule has 0 saturated heterocycles. The third-order valence-electron chi connectivity index (χ3n) is 2.73. The van der Waals surface area contributed by atoms with Gasteiger partial charge in [0.15, 0.2) is 5.82 Å². The fourth-order valence-corrected chi connectivity index (χ4v) is 2.15. The molecule has 20 heavy (non-hydrogen) atoms. The lowest BCUT2D eigenvalue weighted by Crippen LogP contribution is -2.03. The van der Waals surface area contributed by atoms with Gasteiger partial charge < -0.3 is 5.32 Å². The lowest BCUT2D eigenvalue weighted by molar-refractivity contribution is 0.847. The smallest absolute Gasteiger partial charge is 0.153 e. The van der Waals surface area contributed by atoms with E-state index in [2.05, 4.69) is 36.3 Å². The fraction of sp³-hybridized carbons (Fsp3) is 0.0714. The highest BCUT2D eigenvalue weighted by Crippen LogP contribution is 2.11. The van der Waals surface area contributed by atoms with E-state index in [-0.39, 0.29) is 0 Å². The second kappa shape index (κ2) is 5.83. The molecule has 0 amide bonds. The minimum absolute atomic E-state index is 0.655. The van der Waals surface area contributed by atoms with Crippen molar-refractivity contribution in [1.29, 1.82) is 0 Å². The standard InChI is InChI=1S/C14H12BrN5/c15-13-4-1-3-12(19-13)10-16-11-5-6-14(17-9-11)20-8-2-7-18-20/h1-9,16H,10H2. The number of rotatable bonds is 4. The monoisotopic (exact) mass is 329 g/mol. The van der Waals surface area contributed by atoms with Crippen LogP contribution in [-0.4, -0.2) is 19.7 Å². The largest absolute Gasteiger partial charge is 0.378 e. The van der Waals surface area contributed by atoms with E-state index in [9.17, 15) is 0 Å². The van der Waals surface area contributed by atoms with Crippen molar-refractivity contribution in [1.82, 2.24) is 19.7 Å². The van der Waals surface area contributed by atoms with Gasteiger partial charge in [-0.15, -0.1) is 0 Å². The van der Waals surface area contributed by atoms with Crippen molar-refractivity contribution in [2.45, 2.75) is 6.54 Å². The molecule has 5 nitrogen and oxygen atoms in total. The van der Waals surface area contributed by atoms with Crippen LogP contribution in [0.25, 0.3) is 5.82 Å². The molecule has 0 aromatic carbocycles. The van der Waals surface area contributed by atoms with Crippen LogP contribution in [0.5, 0.6) is 0 Å². The summed E-state index contributed by atoms with van der Waals surface area (Å²) in [5.74, 6) is 0.793. The van der Waals surface area contributed by atoms with Gasteiger partial charge in [0, 0.05) is 12.4 Å². The number of pyridine rings is 2. The van der Waals surface area contributed by atoms with E-state index in [0.717, 1.165) is 21.8 Å². The molecular weight excluding hydrogens is 318 g/mol. The Morgan fingerprint density at radius 1 is 1.15 bits per heavy atom. The quantitative estimate of drug-likeness (QED) is 0.747. The van der Waals surface area contributed by atoms with Gasteiger partial charge in [-0.05, 0) is 46.3 Å². The average molecular weight is 330 g/mol. The zero-order valence-electron chi connectivity index (χ0n) is 10.6. The van der Waals surface area contributed by atoms with Gasteiger partial charge >= 0.3 is 0 Å². The third kappa shape index (κ3) is 3.03. The molecule has 3 aromatic rings. The number of anilines is 1. The summed E-state index contributed by atoms with van der Waals surface area (Å²) in [6.45, 7) is 0.655. The van der Waals surface area contributed by atoms with E-state index in [1.54, 1.807) is 17.1 Å². The normalized spacial score (nSPS) is 10.4. The van der Waals surface area contributed by atoms with Crippen molar-refractivity contribution < 1.29 is 0 Å². The van der Waals surface area contributed by atoms with Crippen LogP contribution in [0, 0.1) is 0 Å². The SMILES string of the molecule is Brc1cccc(CNc2ccc(-n3cccn3)nc2)n1. The number of nitrogens with zero attached hydrogens (tertiary/aromatic N) is 4. The van der Waals surface area contributed by atoms with Gasteiger partial charge in [-0.1, -0.05) is 6.07 Å². The van der Waals surface area contributed by atoms with Crippen LogP contribution in [-0.2, 0) is 6.54 Å². The Hall–Kier alpha value is -2.21. The molecule has 0 atom stereocenters. The summed E-state index contributed by atoms with van der Waals surface area (Å²) in [5.41, 5.74) is 1.92. The molecule has 1 N–H and O–H groups in total. The minimum atomic E-state index is 0.655. The summed E-state index contributed by atoms with van der Waals surface area (Å²) in [7, 11) is 0. The second-order valence-corrected chi connectivity index (χ2v) is 4.97. The topological polar surface area (TPSA) is 55.6 Å². The predicted octanol–water partition coefficient (Wildman–Crippen LogP) is 3.04. The highest BCUT2D eigenvalue weighted by atomic mass is 79.9. The maximum absolute atomic E-state index is 4.37. The number of halogens is 1. The van der Waals surface area contributed by atoms with E-state index < -0.39 is 0 Å². The molecule has 0 aliphatic rings. The summed E-state index contributed by atoms with van der Waals surface area (Å²) in [4.78, 5) is 8.73. The first-order chi connectivity index (χ1) is 9.81. The van der Waals surface area contributed by atoms with Crippen molar-refractivity contribution in [3.63, 3.8) is 0 Å². The molecule has 100 valence electrons. The molecule has 0 aliphatic carbocycles. The Labute approximate surface area is 124 Å². The van der Waals surface area contributed by atoms with Crippen molar-refractivity contribution >= 4 is 21.6 Å². The van der Waals surface area contributed by atoms with Crippen molar-refractivity contribution in [3.05, 3.63) is 65.3 Å². The van der Waals surface area contributed by atoms with Gasteiger partial charge in [-0.25, -0.2) is 14.6 Å². The molecule has 0 fully saturated rings. The third-order valence-corrected chi connectivity index (χ3v) is 3.18. The number of hydrogen-bond acceptors (Lipinski definition) is 4. The van der Waals surface area contributed by atoms with Crippen molar-refractivity contribution in [3.8, 4) is 5.82 Å². The molecule has 3 aromatic heterocycles. The van der Waals surface area contributed by atoms with Crippen LogP contribution in [0.4, 0.5) is 5.69 Å². The van der Waals surface area contributed by atoms with Gasteiger partial charge in [-0.2, -0.15) is 5.10 Å².